The molecule has 0 saturated carbocycles. The van der Waals surface area contributed by atoms with Gasteiger partial charge in [-0.1, -0.05) is 0 Å². The maximum atomic E-state index is 12.7. The van der Waals surface area contributed by atoms with Gasteiger partial charge in [0.05, 0.1) is 11.1 Å². The summed E-state index contributed by atoms with van der Waals surface area (Å²) in [6, 6.07) is 5.27. The molecule has 24 heavy (non-hydrogen) atoms. The fourth-order valence-corrected chi connectivity index (χ4v) is 2.19. The van der Waals surface area contributed by atoms with Crippen molar-refractivity contribution < 1.29 is 9.59 Å². The minimum atomic E-state index is -0.379. The summed E-state index contributed by atoms with van der Waals surface area (Å²) < 4.78 is 0. The summed E-state index contributed by atoms with van der Waals surface area (Å²) in [4.78, 5) is 25.1. The maximum Gasteiger partial charge on any atom is 0.252 e. The van der Waals surface area contributed by atoms with Crippen LogP contribution in [0.15, 0.2) is 18.2 Å². The number of benzene rings is 1. The molecule has 0 aliphatic heterocycles. The van der Waals surface area contributed by atoms with Crippen molar-refractivity contribution in [2.45, 2.75) is 72.5 Å². The van der Waals surface area contributed by atoms with E-state index < -0.39 is 0 Å². The van der Waals surface area contributed by atoms with E-state index in [1.54, 1.807) is 12.1 Å². The zero-order valence-corrected chi connectivity index (χ0v) is 16.1. The third-order valence-corrected chi connectivity index (χ3v) is 2.94. The van der Waals surface area contributed by atoms with Gasteiger partial charge < -0.3 is 16.0 Å². The van der Waals surface area contributed by atoms with Crippen molar-refractivity contribution in [2.75, 3.05) is 5.32 Å². The molecule has 2 amide bonds. The average molecular weight is 333 g/mol. The van der Waals surface area contributed by atoms with Crippen molar-refractivity contribution in [3.05, 3.63) is 29.3 Å². The van der Waals surface area contributed by atoms with Crippen LogP contribution < -0.4 is 16.0 Å². The van der Waals surface area contributed by atoms with E-state index in [2.05, 4.69) is 16.0 Å². The van der Waals surface area contributed by atoms with E-state index in [-0.39, 0.29) is 28.9 Å². The molecule has 0 spiro atoms. The molecule has 3 N–H and O–H groups in total. The van der Waals surface area contributed by atoms with Crippen LogP contribution in [-0.2, 0) is 0 Å². The van der Waals surface area contributed by atoms with Gasteiger partial charge in [-0.15, -0.1) is 0 Å². The Balaban J connectivity index is 3.27. The fourth-order valence-electron chi connectivity index (χ4n) is 2.19. The molecule has 0 fully saturated rings. The number of rotatable bonds is 4. The second-order valence-electron chi connectivity index (χ2n) is 8.47. The Morgan fingerprint density at radius 2 is 1.46 bits per heavy atom. The summed E-state index contributed by atoms with van der Waals surface area (Å²) in [5.74, 6) is -0.500. The number of amides is 2. The van der Waals surface area contributed by atoms with Crippen molar-refractivity contribution in [3.8, 4) is 0 Å². The Hall–Kier alpha value is -2.04. The third-order valence-electron chi connectivity index (χ3n) is 2.94. The van der Waals surface area contributed by atoms with Crippen molar-refractivity contribution >= 4 is 17.5 Å². The molecule has 0 heterocycles. The van der Waals surface area contributed by atoms with Crippen LogP contribution in [0, 0.1) is 0 Å². The number of hydrogen-bond acceptors (Lipinski definition) is 3. The van der Waals surface area contributed by atoms with Gasteiger partial charge in [-0.05, 0) is 73.6 Å². The van der Waals surface area contributed by atoms with Crippen LogP contribution in [0.3, 0.4) is 0 Å². The van der Waals surface area contributed by atoms with Gasteiger partial charge in [-0.3, -0.25) is 9.59 Å². The predicted molar refractivity (Wildman–Crippen MR) is 99.6 cm³/mol. The number of carbonyl (C=O) groups excluding carboxylic acids is 2. The molecule has 134 valence electrons. The third kappa shape index (κ3) is 6.60. The van der Waals surface area contributed by atoms with Crippen molar-refractivity contribution in [1.29, 1.82) is 0 Å². The normalized spacial score (nSPS) is 12.0. The summed E-state index contributed by atoms with van der Waals surface area (Å²) in [5.41, 5.74) is 1.04. The summed E-state index contributed by atoms with van der Waals surface area (Å²) in [6.07, 6.45) is 0. The molecular weight excluding hydrogens is 302 g/mol. The van der Waals surface area contributed by atoms with Gasteiger partial charge in [0.15, 0.2) is 0 Å². The number of hydrogen-bond donors (Lipinski definition) is 3. The van der Waals surface area contributed by atoms with Gasteiger partial charge in [0.1, 0.15) is 0 Å². The molecule has 5 nitrogen and oxygen atoms in total. The molecule has 1 aromatic rings. The first-order valence-electron chi connectivity index (χ1n) is 8.34. The van der Waals surface area contributed by atoms with Gasteiger partial charge in [0.2, 0.25) is 0 Å². The van der Waals surface area contributed by atoms with Crippen LogP contribution in [0.25, 0.3) is 0 Å². The number of carbonyl (C=O) groups is 2. The molecule has 0 aromatic heterocycles. The first-order valence-corrected chi connectivity index (χ1v) is 8.34. The largest absolute Gasteiger partial charge is 0.380 e. The Labute approximate surface area is 145 Å². The van der Waals surface area contributed by atoms with E-state index in [9.17, 15) is 9.59 Å². The van der Waals surface area contributed by atoms with Crippen LogP contribution in [0.2, 0.25) is 0 Å². The molecule has 0 saturated heterocycles. The predicted octanol–water partition coefficient (Wildman–Crippen LogP) is 3.56. The van der Waals surface area contributed by atoms with Crippen LogP contribution in [-0.4, -0.2) is 28.9 Å². The molecule has 0 aliphatic carbocycles. The Morgan fingerprint density at radius 3 is 1.92 bits per heavy atom. The highest BCUT2D eigenvalue weighted by atomic mass is 16.2. The van der Waals surface area contributed by atoms with Crippen LogP contribution >= 0.6 is 0 Å². The lowest BCUT2D eigenvalue weighted by Gasteiger charge is -2.25. The first kappa shape index (κ1) is 20.0. The minimum absolute atomic E-state index is 0.00315. The maximum absolute atomic E-state index is 12.7. The van der Waals surface area contributed by atoms with Gasteiger partial charge >= 0.3 is 0 Å². The van der Waals surface area contributed by atoms with Gasteiger partial charge in [0.25, 0.3) is 11.8 Å². The molecule has 1 aromatic carbocycles. The molecule has 0 unspecified atom stereocenters. The zero-order chi connectivity index (χ0) is 18.7. The van der Waals surface area contributed by atoms with E-state index in [1.165, 1.54) is 0 Å². The lowest BCUT2D eigenvalue weighted by Crippen LogP contribution is -2.42. The fraction of sp³-hybridized carbons (Fsp3) is 0.579. The second-order valence-corrected chi connectivity index (χ2v) is 8.47. The van der Waals surface area contributed by atoms with Crippen LogP contribution in [0.1, 0.15) is 76.1 Å². The first-order chi connectivity index (χ1) is 10.8. The highest BCUT2D eigenvalue weighted by Gasteiger charge is 2.22. The highest BCUT2D eigenvalue weighted by Crippen LogP contribution is 2.20. The summed E-state index contributed by atoms with van der Waals surface area (Å²) >= 11 is 0. The quantitative estimate of drug-likeness (QED) is 0.789. The van der Waals surface area contributed by atoms with E-state index in [0.717, 1.165) is 5.69 Å². The minimum Gasteiger partial charge on any atom is -0.380 e. The van der Waals surface area contributed by atoms with Crippen molar-refractivity contribution in [1.82, 2.24) is 10.6 Å². The number of nitrogens with one attached hydrogen (secondary N) is 3. The molecule has 0 bridgehead atoms. The topological polar surface area (TPSA) is 70.2 Å². The molecular formula is C19H31N3O2. The van der Waals surface area contributed by atoms with Gasteiger partial charge in [0, 0.05) is 22.8 Å². The monoisotopic (exact) mass is 333 g/mol. The Kier molecular flexibility index (Phi) is 6.04. The molecule has 0 aliphatic rings. The molecule has 1 rings (SSSR count). The summed E-state index contributed by atoms with van der Waals surface area (Å²) in [7, 11) is 0. The van der Waals surface area contributed by atoms with E-state index in [4.69, 9.17) is 0 Å². The average Bonchev–Trinajstić information content (AvgIpc) is 2.33. The van der Waals surface area contributed by atoms with Gasteiger partial charge in [-0.2, -0.15) is 0 Å². The second kappa shape index (κ2) is 7.24. The summed E-state index contributed by atoms with van der Waals surface area (Å²) in [6.45, 7) is 15.6. The Bertz CT molecular complexity index is 608. The zero-order valence-electron chi connectivity index (χ0n) is 16.1. The van der Waals surface area contributed by atoms with E-state index in [0.29, 0.717) is 11.1 Å². The standard InChI is InChI=1S/C19H31N3O2/c1-12(2)20-16(23)14-10-9-13(21-18(3,4)5)11-15(14)17(24)22-19(6,7)8/h9-12,21H,1-8H3,(H,20,23)(H,22,24). The Morgan fingerprint density at radius 1 is 0.875 bits per heavy atom. The molecule has 0 radical (unpaired) electrons. The number of anilines is 1. The van der Waals surface area contributed by atoms with Crippen molar-refractivity contribution in [2.24, 2.45) is 0 Å². The molecule has 0 atom stereocenters. The highest BCUT2D eigenvalue weighted by molar-refractivity contribution is 6.08. The van der Waals surface area contributed by atoms with Gasteiger partial charge in [-0.25, -0.2) is 0 Å². The van der Waals surface area contributed by atoms with Crippen LogP contribution in [0.5, 0.6) is 0 Å². The molecule has 5 heteroatoms. The van der Waals surface area contributed by atoms with Crippen LogP contribution in [0.4, 0.5) is 5.69 Å². The van der Waals surface area contributed by atoms with Crippen molar-refractivity contribution in [3.63, 3.8) is 0 Å². The SMILES string of the molecule is CC(C)NC(=O)c1ccc(NC(C)(C)C)cc1C(=O)NC(C)(C)C. The lowest BCUT2D eigenvalue weighted by atomic mass is 10.0. The smallest absolute Gasteiger partial charge is 0.252 e. The van der Waals surface area contributed by atoms with E-state index in [1.807, 2.05) is 61.5 Å². The van der Waals surface area contributed by atoms with E-state index >= 15 is 0 Å². The summed E-state index contributed by atoms with van der Waals surface area (Å²) in [5, 5.41) is 9.11. The lowest BCUT2D eigenvalue weighted by molar-refractivity contribution is 0.0893.